The number of hydrogen-bond acceptors (Lipinski definition) is 2. The van der Waals surface area contributed by atoms with Gasteiger partial charge in [0.05, 0.1) is 5.92 Å². The third-order valence-electron chi connectivity index (χ3n) is 2.28. The first-order valence-electron chi connectivity index (χ1n) is 4.67. The Morgan fingerprint density at radius 1 is 1.43 bits per heavy atom. The van der Waals surface area contributed by atoms with Crippen LogP contribution in [0.3, 0.4) is 0 Å². The molecule has 1 atom stereocenters. The molecular weight excluding hydrogens is 176 g/mol. The van der Waals surface area contributed by atoms with Gasteiger partial charge in [-0.1, -0.05) is 29.8 Å². The van der Waals surface area contributed by atoms with Crippen LogP contribution in [-0.2, 0) is 4.79 Å². The molecule has 1 unspecified atom stereocenters. The highest BCUT2D eigenvalue weighted by molar-refractivity contribution is 5.83. The van der Waals surface area contributed by atoms with Gasteiger partial charge in [0.2, 0.25) is 5.91 Å². The Morgan fingerprint density at radius 3 is 2.43 bits per heavy atom. The minimum Gasteiger partial charge on any atom is -0.359 e. The van der Waals surface area contributed by atoms with E-state index in [2.05, 4.69) is 5.32 Å². The molecule has 3 heteroatoms. The molecule has 0 aliphatic rings. The van der Waals surface area contributed by atoms with Crippen LogP contribution in [0.4, 0.5) is 0 Å². The molecule has 0 bridgehead atoms. The molecule has 0 aromatic heterocycles. The summed E-state index contributed by atoms with van der Waals surface area (Å²) in [6.45, 7) is 2.35. The Balaban J connectivity index is 2.89. The molecular formula is C11H16N2O. The minimum atomic E-state index is -0.236. The van der Waals surface area contributed by atoms with Crippen LogP contribution in [0.1, 0.15) is 17.0 Å². The third kappa shape index (κ3) is 2.33. The molecule has 1 amide bonds. The summed E-state index contributed by atoms with van der Waals surface area (Å²) in [5.74, 6) is -0.267. The molecule has 3 N–H and O–H groups in total. The normalized spacial score (nSPS) is 12.2. The van der Waals surface area contributed by atoms with Crippen molar-refractivity contribution in [1.29, 1.82) is 0 Å². The third-order valence-corrected chi connectivity index (χ3v) is 2.28. The van der Waals surface area contributed by atoms with E-state index in [0.717, 1.165) is 5.56 Å². The van der Waals surface area contributed by atoms with Gasteiger partial charge in [0, 0.05) is 13.6 Å². The molecule has 1 rings (SSSR count). The number of carbonyl (C=O) groups is 1. The number of benzene rings is 1. The second-order valence-electron chi connectivity index (χ2n) is 3.31. The first kappa shape index (κ1) is 10.7. The van der Waals surface area contributed by atoms with Crippen molar-refractivity contribution < 1.29 is 4.79 Å². The lowest BCUT2D eigenvalue weighted by Crippen LogP contribution is -2.30. The van der Waals surface area contributed by atoms with Gasteiger partial charge in [-0.15, -0.1) is 0 Å². The van der Waals surface area contributed by atoms with E-state index < -0.39 is 0 Å². The fraction of sp³-hybridized carbons (Fsp3) is 0.364. The van der Waals surface area contributed by atoms with Crippen molar-refractivity contribution in [2.45, 2.75) is 12.8 Å². The van der Waals surface area contributed by atoms with E-state index in [0.29, 0.717) is 6.54 Å². The van der Waals surface area contributed by atoms with Crippen molar-refractivity contribution in [2.75, 3.05) is 13.6 Å². The lowest BCUT2D eigenvalue weighted by atomic mass is 9.97. The number of aryl methyl sites for hydroxylation is 1. The molecule has 0 aliphatic carbocycles. The van der Waals surface area contributed by atoms with Crippen LogP contribution < -0.4 is 11.1 Å². The van der Waals surface area contributed by atoms with Gasteiger partial charge >= 0.3 is 0 Å². The van der Waals surface area contributed by atoms with E-state index in [4.69, 9.17) is 5.73 Å². The average Bonchev–Trinajstić information content (AvgIpc) is 2.21. The van der Waals surface area contributed by atoms with Crippen LogP contribution in [-0.4, -0.2) is 19.5 Å². The van der Waals surface area contributed by atoms with E-state index in [-0.39, 0.29) is 11.8 Å². The molecule has 0 aliphatic heterocycles. The van der Waals surface area contributed by atoms with Crippen molar-refractivity contribution in [3.05, 3.63) is 35.4 Å². The Labute approximate surface area is 84.3 Å². The number of hydrogen-bond donors (Lipinski definition) is 2. The van der Waals surface area contributed by atoms with E-state index in [1.165, 1.54) is 5.56 Å². The van der Waals surface area contributed by atoms with Crippen LogP contribution >= 0.6 is 0 Å². The number of rotatable bonds is 3. The van der Waals surface area contributed by atoms with Crippen LogP contribution in [0.25, 0.3) is 0 Å². The molecule has 0 fully saturated rings. The van der Waals surface area contributed by atoms with Crippen LogP contribution in [0.2, 0.25) is 0 Å². The van der Waals surface area contributed by atoms with Gasteiger partial charge in [-0.3, -0.25) is 4.79 Å². The lowest BCUT2D eigenvalue weighted by molar-refractivity contribution is -0.121. The fourth-order valence-electron chi connectivity index (χ4n) is 1.37. The molecule has 0 radical (unpaired) electrons. The highest BCUT2D eigenvalue weighted by atomic mass is 16.1. The highest BCUT2D eigenvalue weighted by Crippen LogP contribution is 2.15. The molecule has 3 nitrogen and oxygen atoms in total. The SMILES string of the molecule is CNC(=O)C(CN)c1ccc(C)cc1. The van der Waals surface area contributed by atoms with Gasteiger partial charge < -0.3 is 11.1 Å². The summed E-state index contributed by atoms with van der Waals surface area (Å²) >= 11 is 0. The van der Waals surface area contributed by atoms with Gasteiger partial charge in [-0.05, 0) is 12.5 Å². The maximum atomic E-state index is 11.4. The first-order chi connectivity index (χ1) is 6.69. The van der Waals surface area contributed by atoms with Gasteiger partial charge in [0.25, 0.3) is 0 Å². The Bertz CT molecular complexity index is 306. The summed E-state index contributed by atoms with van der Waals surface area (Å²) in [4.78, 5) is 11.4. The van der Waals surface area contributed by atoms with Crippen LogP contribution in [0, 0.1) is 6.92 Å². The number of nitrogens with one attached hydrogen (secondary N) is 1. The molecule has 1 aromatic carbocycles. The highest BCUT2D eigenvalue weighted by Gasteiger charge is 2.16. The Morgan fingerprint density at radius 2 is 2.00 bits per heavy atom. The predicted molar refractivity (Wildman–Crippen MR) is 57.0 cm³/mol. The number of nitrogens with two attached hydrogens (primary N) is 1. The summed E-state index contributed by atoms with van der Waals surface area (Å²) in [5, 5.41) is 2.61. The van der Waals surface area contributed by atoms with E-state index >= 15 is 0 Å². The largest absolute Gasteiger partial charge is 0.359 e. The van der Waals surface area contributed by atoms with E-state index in [1.807, 2.05) is 31.2 Å². The number of amides is 1. The zero-order valence-electron chi connectivity index (χ0n) is 8.58. The van der Waals surface area contributed by atoms with Crippen molar-refractivity contribution in [3.8, 4) is 0 Å². The number of carbonyl (C=O) groups excluding carboxylic acids is 1. The molecule has 76 valence electrons. The van der Waals surface area contributed by atoms with Crippen LogP contribution in [0.5, 0.6) is 0 Å². The van der Waals surface area contributed by atoms with Gasteiger partial charge in [0.15, 0.2) is 0 Å². The van der Waals surface area contributed by atoms with Crippen molar-refractivity contribution in [3.63, 3.8) is 0 Å². The molecule has 0 saturated heterocycles. The predicted octanol–water partition coefficient (Wildman–Crippen LogP) is 0.783. The Kier molecular flexibility index (Phi) is 3.65. The Hall–Kier alpha value is -1.35. The fourth-order valence-corrected chi connectivity index (χ4v) is 1.37. The smallest absolute Gasteiger partial charge is 0.228 e. The topological polar surface area (TPSA) is 55.1 Å². The summed E-state index contributed by atoms with van der Waals surface area (Å²) in [6.07, 6.45) is 0. The second-order valence-corrected chi connectivity index (χ2v) is 3.31. The van der Waals surface area contributed by atoms with E-state index in [1.54, 1.807) is 7.05 Å². The maximum Gasteiger partial charge on any atom is 0.228 e. The zero-order valence-corrected chi connectivity index (χ0v) is 8.58. The second kappa shape index (κ2) is 4.77. The molecule has 0 spiro atoms. The monoisotopic (exact) mass is 192 g/mol. The van der Waals surface area contributed by atoms with Gasteiger partial charge in [-0.25, -0.2) is 0 Å². The van der Waals surface area contributed by atoms with Crippen molar-refractivity contribution >= 4 is 5.91 Å². The molecule has 1 aromatic rings. The van der Waals surface area contributed by atoms with E-state index in [9.17, 15) is 4.79 Å². The van der Waals surface area contributed by atoms with Crippen molar-refractivity contribution in [2.24, 2.45) is 5.73 Å². The van der Waals surface area contributed by atoms with Crippen molar-refractivity contribution in [1.82, 2.24) is 5.32 Å². The first-order valence-corrected chi connectivity index (χ1v) is 4.67. The van der Waals surface area contributed by atoms with Crippen LogP contribution in [0.15, 0.2) is 24.3 Å². The number of likely N-dealkylation sites (N-methyl/N-ethyl adjacent to an activating group) is 1. The summed E-state index contributed by atoms with van der Waals surface area (Å²) in [7, 11) is 1.62. The standard InChI is InChI=1S/C11H16N2O/c1-8-3-5-9(6-4-8)10(7-12)11(14)13-2/h3-6,10H,7,12H2,1-2H3,(H,13,14). The zero-order chi connectivity index (χ0) is 10.6. The summed E-state index contributed by atoms with van der Waals surface area (Å²) in [5.41, 5.74) is 7.71. The minimum absolute atomic E-state index is 0.0312. The summed E-state index contributed by atoms with van der Waals surface area (Å²) < 4.78 is 0. The molecule has 0 heterocycles. The van der Waals surface area contributed by atoms with Gasteiger partial charge in [-0.2, -0.15) is 0 Å². The summed E-state index contributed by atoms with van der Waals surface area (Å²) in [6, 6.07) is 7.87. The lowest BCUT2D eigenvalue weighted by Gasteiger charge is -2.13. The van der Waals surface area contributed by atoms with Gasteiger partial charge in [0.1, 0.15) is 0 Å². The quantitative estimate of drug-likeness (QED) is 0.743. The average molecular weight is 192 g/mol. The molecule has 14 heavy (non-hydrogen) atoms. The maximum absolute atomic E-state index is 11.4. The molecule has 0 saturated carbocycles.